The van der Waals surface area contributed by atoms with Crippen molar-refractivity contribution >= 4 is 27.6 Å². The third-order valence-electron chi connectivity index (χ3n) is 3.78. The number of nitrogens with one attached hydrogen (secondary N) is 1. The molecule has 2 fully saturated rings. The number of halogens is 1. The molecule has 0 aromatic heterocycles. The Morgan fingerprint density at radius 2 is 2.26 bits per heavy atom. The van der Waals surface area contributed by atoms with Crippen molar-refractivity contribution in [1.29, 1.82) is 0 Å². The second-order valence-corrected chi connectivity index (χ2v) is 5.98. The lowest BCUT2D eigenvalue weighted by Gasteiger charge is -2.36. The summed E-state index contributed by atoms with van der Waals surface area (Å²) in [5.41, 5.74) is 7.89. The lowest BCUT2D eigenvalue weighted by molar-refractivity contribution is 0.116. The summed E-state index contributed by atoms with van der Waals surface area (Å²) < 4.78 is 0.937. The first-order chi connectivity index (χ1) is 9.13. The molecule has 6 heteroatoms. The van der Waals surface area contributed by atoms with Gasteiger partial charge >= 0.3 is 6.03 Å². The van der Waals surface area contributed by atoms with Crippen LogP contribution in [-0.4, -0.2) is 48.1 Å². The fourth-order valence-corrected chi connectivity index (χ4v) is 3.01. The number of anilines is 1. The van der Waals surface area contributed by atoms with E-state index in [1.807, 2.05) is 17.0 Å². The van der Waals surface area contributed by atoms with Gasteiger partial charge in [-0.1, -0.05) is 6.07 Å². The predicted molar refractivity (Wildman–Crippen MR) is 77.7 cm³/mol. The van der Waals surface area contributed by atoms with Crippen molar-refractivity contribution in [1.82, 2.24) is 15.1 Å². The number of fused-ring (bicyclic) bond motifs is 1. The Bertz CT molecular complexity index is 507. The predicted octanol–water partition coefficient (Wildman–Crippen LogP) is 1.24. The van der Waals surface area contributed by atoms with Crippen molar-refractivity contribution < 1.29 is 4.79 Å². The Kier molecular flexibility index (Phi) is 3.36. The van der Waals surface area contributed by atoms with Crippen LogP contribution in [0, 0.1) is 0 Å². The van der Waals surface area contributed by atoms with Crippen molar-refractivity contribution in [2.75, 3.05) is 31.9 Å². The number of benzene rings is 1. The van der Waals surface area contributed by atoms with Gasteiger partial charge in [0.15, 0.2) is 0 Å². The molecule has 1 aromatic rings. The van der Waals surface area contributed by atoms with Crippen LogP contribution in [-0.2, 0) is 6.54 Å². The number of nitrogens with two attached hydrogens (primary N) is 1. The number of nitrogen functional groups attached to an aromatic ring is 1. The normalized spacial score (nSPS) is 23.3. The Hall–Kier alpha value is -1.27. The summed E-state index contributed by atoms with van der Waals surface area (Å²) in [5, 5.41) is 2.90. The van der Waals surface area contributed by atoms with Gasteiger partial charge in [0.05, 0.1) is 6.04 Å². The average molecular weight is 325 g/mol. The van der Waals surface area contributed by atoms with Gasteiger partial charge in [0.25, 0.3) is 0 Å². The largest absolute Gasteiger partial charge is 0.398 e. The second-order valence-electron chi connectivity index (χ2n) is 5.12. The van der Waals surface area contributed by atoms with E-state index in [0.717, 1.165) is 42.9 Å². The van der Waals surface area contributed by atoms with Gasteiger partial charge in [-0.3, -0.25) is 4.90 Å². The second kappa shape index (κ2) is 5.02. The van der Waals surface area contributed by atoms with E-state index >= 15 is 0 Å². The van der Waals surface area contributed by atoms with E-state index in [9.17, 15) is 4.79 Å². The molecule has 0 aliphatic carbocycles. The number of rotatable bonds is 2. The molecule has 0 spiro atoms. The molecule has 2 saturated heterocycles. The van der Waals surface area contributed by atoms with Crippen LogP contribution in [0.15, 0.2) is 22.7 Å². The number of hydrogen-bond acceptors (Lipinski definition) is 3. The fraction of sp³-hybridized carbons (Fsp3) is 0.462. The third-order valence-corrected chi connectivity index (χ3v) is 4.51. The van der Waals surface area contributed by atoms with Crippen molar-refractivity contribution in [3.05, 3.63) is 28.2 Å². The van der Waals surface area contributed by atoms with Crippen LogP contribution in [0.25, 0.3) is 0 Å². The van der Waals surface area contributed by atoms with Crippen LogP contribution in [0.1, 0.15) is 5.56 Å². The molecule has 19 heavy (non-hydrogen) atoms. The quantitative estimate of drug-likeness (QED) is 0.805. The summed E-state index contributed by atoms with van der Waals surface area (Å²) in [6.45, 7) is 4.30. The van der Waals surface area contributed by atoms with E-state index < -0.39 is 0 Å². The molecule has 3 N–H and O–H groups in total. The van der Waals surface area contributed by atoms with Crippen molar-refractivity contribution in [3.63, 3.8) is 0 Å². The molecule has 2 aliphatic rings. The third kappa shape index (κ3) is 2.55. The number of carbonyl (C=O) groups is 1. The van der Waals surface area contributed by atoms with Gasteiger partial charge in [-0.2, -0.15) is 0 Å². The number of piperazine rings is 1. The Labute approximate surface area is 120 Å². The lowest BCUT2D eigenvalue weighted by Crippen LogP contribution is -2.51. The van der Waals surface area contributed by atoms with Crippen LogP contribution in [0.2, 0.25) is 0 Å². The highest BCUT2D eigenvalue weighted by molar-refractivity contribution is 9.10. The van der Waals surface area contributed by atoms with Crippen LogP contribution < -0.4 is 11.1 Å². The summed E-state index contributed by atoms with van der Waals surface area (Å²) in [5.74, 6) is 0. The van der Waals surface area contributed by atoms with Crippen LogP contribution in [0.5, 0.6) is 0 Å². The van der Waals surface area contributed by atoms with E-state index in [4.69, 9.17) is 5.73 Å². The van der Waals surface area contributed by atoms with Crippen molar-refractivity contribution in [2.45, 2.75) is 12.6 Å². The molecule has 0 radical (unpaired) electrons. The molecule has 0 bridgehead atoms. The van der Waals surface area contributed by atoms with E-state index in [0.29, 0.717) is 6.04 Å². The highest BCUT2D eigenvalue weighted by Gasteiger charge is 2.35. The zero-order chi connectivity index (χ0) is 13.4. The van der Waals surface area contributed by atoms with Gasteiger partial charge in [0, 0.05) is 42.9 Å². The molecular weight excluding hydrogens is 308 g/mol. The number of amides is 2. The van der Waals surface area contributed by atoms with Crippen LogP contribution in [0.3, 0.4) is 0 Å². The first-order valence-corrected chi connectivity index (χ1v) is 7.23. The van der Waals surface area contributed by atoms with Gasteiger partial charge in [-0.05, 0) is 33.6 Å². The van der Waals surface area contributed by atoms with Crippen LogP contribution >= 0.6 is 15.9 Å². The molecule has 1 aromatic carbocycles. The van der Waals surface area contributed by atoms with Crippen molar-refractivity contribution in [2.24, 2.45) is 0 Å². The molecule has 1 unspecified atom stereocenters. The minimum Gasteiger partial charge on any atom is -0.398 e. The lowest BCUT2D eigenvalue weighted by atomic mass is 10.1. The summed E-state index contributed by atoms with van der Waals surface area (Å²) in [7, 11) is 0. The van der Waals surface area contributed by atoms with Gasteiger partial charge in [-0.25, -0.2) is 4.79 Å². The number of nitrogens with zero attached hydrogens (tertiary/aromatic N) is 2. The van der Waals surface area contributed by atoms with Gasteiger partial charge in [0.2, 0.25) is 0 Å². The topological polar surface area (TPSA) is 61.6 Å². The molecule has 0 saturated carbocycles. The summed E-state index contributed by atoms with van der Waals surface area (Å²) in [6.07, 6.45) is 0. The average Bonchev–Trinajstić information content (AvgIpc) is 2.75. The maximum Gasteiger partial charge on any atom is 0.317 e. The smallest absolute Gasteiger partial charge is 0.317 e. The molecule has 3 rings (SSSR count). The fourth-order valence-electron chi connectivity index (χ4n) is 2.76. The molecule has 2 heterocycles. The maximum atomic E-state index is 11.5. The Morgan fingerprint density at radius 3 is 3.05 bits per heavy atom. The molecule has 2 amide bonds. The Balaban J connectivity index is 1.65. The zero-order valence-electron chi connectivity index (χ0n) is 10.6. The van der Waals surface area contributed by atoms with Gasteiger partial charge < -0.3 is 16.0 Å². The molecular formula is C13H17BrN4O. The molecule has 2 aliphatic heterocycles. The first kappa shape index (κ1) is 12.7. The van der Waals surface area contributed by atoms with E-state index in [2.05, 4.69) is 32.2 Å². The number of hydrogen-bond donors (Lipinski definition) is 2. The van der Waals surface area contributed by atoms with Gasteiger partial charge in [-0.15, -0.1) is 0 Å². The van der Waals surface area contributed by atoms with Crippen molar-refractivity contribution in [3.8, 4) is 0 Å². The van der Waals surface area contributed by atoms with E-state index in [-0.39, 0.29) is 6.03 Å². The minimum absolute atomic E-state index is 0.0811. The molecule has 1 atom stereocenters. The first-order valence-electron chi connectivity index (χ1n) is 6.44. The van der Waals surface area contributed by atoms with E-state index in [1.165, 1.54) is 5.56 Å². The highest BCUT2D eigenvalue weighted by Crippen LogP contribution is 2.22. The monoisotopic (exact) mass is 324 g/mol. The number of carbonyl (C=O) groups excluding carboxylic acids is 1. The SMILES string of the molecule is Nc1cc(CN2CCN3C(=O)NCC3C2)ccc1Br. The summed E-state index contributed by atoms with van der Waals surface area (Å²) >= 11 is 3.41. The van der Waals surface area contributed by atoms with Crippen LogP contribution in [0.4, 0.5) is 10.5 Å². The minimum atomic E-state index is 0.0811. The summed E-state index contributed by atoms with van der Waals surface area (Å²) in [4.78, 5) is 15.8. The molecule has 5 nitrogen and oxygen atoms in total. The maximum absolute atomic E-state index is 11.5. The van der Waals surface area contributed by atoms with E-state index in [1.54, 1.807) is 0 Å². The van der Waals surface area contributed by atoms with Gasteiger partial charge in [0.1, 0.15) is 0 Å². The summed E-state index contributed by atoms with van der Waals surface area (Å²) in [6, 6.07) is 6.48. The molecule has 102 valence electrons. The standard InChI is InChI=1S/C13H17BrN4O/c14-11-2-1-9(5-12(11)15)7-17-3-4-18-10(8-17)6-16-13(18)19/h1-2,5,10H,3-4,6-8,15H2,(H,16,19). The Morgan fingerprint density at radius 1 is 1.42 bits per heavy atom. The zero-order valence-corrected chi connectivity index (χ0v) is 12.2. The highest BCUT2D eigenvalue weighted by atomic mass is 79.9. The number of urea groups is 1.